The third-order valence-electron chi connectivity index (χ3n) is 2.34. The predicted molar refractivity (Wildman–Crippen MR) is 67.1 cm³/mol. The molecule has 0 aliphatic heterocycles. The molecule has 1 heterocycles. The maximum atomic E-state index is 13.4. The lowest BCUT2D eigenvalue weighted by atomic mass is 10.2. The summed E-state index contributed by atoms with van der Waals surface area (Å²) in [5, 5.41) is 4.86. The third-order valence-corrected chi connectivity index (χ3v) is 3.14. The van der Waals surface area contributed by atoms with E-state index in [2.05, 4.69) is 15.0 Å². The van der Waals surface area contributed by atoms with E-state index in [4.69, 9.17) is 0 Å². The Morgan fingerprint density at radius 1 is 1.47 bits per heavy atom. The van der Waals surface area contributed by atoms with Gasteiger partial charge in [-0.2, -0.15) is 0 Å². The zero-order valence-electron chi connectivity index (χ0n) is 9.94. The molecule has 0 unspecified atom stereocenters. The molecule has 0 aliphatic rings. The van der Waals surface area contributed by atoms with Gasteiger partial charge in [-0.05, 0) is 6.07 Å². The van der Waals surface area contributed by atoms with Crippen LogP contribution in [0, 0.1) is 11.6 Å². The zero-order chi connectivity index (χ0) is 13.8. The first-order chi connectivity index (χ1) is 9.10. The summed E-state index contributed by atoms with van der Waals surface area (Å²) in [5.41, 5.74) is 0.505. The van der Waals surface area contributed by atoms with Crippen LogP contribution in [0.2, 0.25) is 0 Å². The number of halogens is 2. The number of nitrogens with one attached hydrogen (secondary N) is 1. The lowest BCUT2D eigenvalue weighted by Crippen LogP contribution is -2.04. The van der Waals surface area contributed by atoms with E-state index in [1.165, 1.54) is 36.0 Å². The topological polar surface area (TPSA) is 51.2 Å². The Morgan fingerprint density at radius 3 is 2.95 bits per heavy atom. The Labute approximate surface area is 112 Å². The minimum Gasteiger partial charge on any atom is -0.464 e. The van der Waals surface area contributed by atoms with Crippen LogP contribution >= 0.6 is 11.3 Å². The largest absolute Gasteiger partial charge is 0.464 e. The number of benzene rings is 1. The number of aromatic nitrogens is 1. The van der Waals surface area contributed by atoms with Crippen molar-refractivity contribution in [1.82, 2.24) is 4.98 Å². The van der Waals surface area contributed by atoms with Crippen molar-refractivity contribution >= 4 is 22.4 Å². The normalized spacial score (nSPS) is 10.3. The molecule has 0 radical (unpaired) electrons. The molecule has 0 fully saturated rings. The van der Waals surface area contributed by atoms with E-state index in [-0.39, 0.29) is 12.2 Å². The quantitative estimate of drug-likeness (QED) is 0.877. The number of rotatable bonds is 4. The second-order valence-corrected chi connectivity index (χ2v) is 4.48. The highest BCUT2D eigenvalue weighted by Crippen LogP contribution is 2.18. The first-order valence-electron chi connectivity index (χ1n) is 5.32. The fraction of sp³-hybridized carbons (Fsp3) is 0.167. The Kier molecular flexibility index (Phi) is 4.06. The van der Waals surface area contributed by atoms with E-state index in [9.17, 15) is 13.6 Å². The number of ether oxygens (including phenoxy) is 1. The first-order valence-corrected chi connectivity index (χ1v) is 6.19. The van der Waals surface area contributed by atoms with Gasteiger partial charge < -0.3 is 10.1 Å². The molecule has 2 rings (SSSR count). The molecule has 4 nitrogen and oxygen atoms in total. The predicted octanol–water partition coefficient (Wildman–Crippen LogP) is 2.82. The molecular weight excluding hydrogens is 274 g/mol. The fourth-order valence-electron chi connectivity index (χ4n) is 1.39. The monoisotopic (exact) mass is 284 g/mol. The first kappa shape index (κ1) is 13.4. The van der Waals surface area contributed by atoms with Crippen molar-refractivity contribution in [2.45, 2.75) is 6.54 Å². The smallest absolute Gasteiger partial charge is 0.357 e. The lowest BCUT2D eigenvalue weighted by Gasteiger charge is -2.04. The van der Waals surface area contributed by atoms with Crippen LogP contribution in [0.1, 0.15) is 16.1 Å². The maximum Gasteiger partial charge on any atom is 0.357 e. The van der Waals surface area contributed by atoms with Crippen LogP contribution in [0.15, 0.2) is 23.6 Å². The number of carbonyl (C=O) groups is 1. The number of anilines is 1. The molecular formula is C12H10F2N2O2S. The summed E-state index contributed by atoms with van der Waals surface area (Å²) in [6, 6.07) is 3.35. The van der Waals surface area contributed by atoms with Gasteiger partial charge >= 0.3 is 5.97 Å². The Balaban J connectivity index is 2.02. The summed E-state index contributed by atoms with van der Waals surface area (Å²) in [6.45, 7) is 0.153. The minimum atomic E-state index is -0.628. The van der Waals surface area contributed by atoms with Crippen molar-refractivity contribution < 1.29 is 18.3 Å². The van der Waals surface area contributed by atoms with Gasteiger partial charge in [0.1, 0.15) is 11.6 Å². The summed E-state index contributed by atoms with van der Waals surface area (Å²) in [6.07, 6.45) is 0. The van der Waals surface area contributed by atoms with Crippen LogP contribution < -0.4 is 5.32 Å². The van der Waals surface area contributed by atoms with Gasteiger partial charge in [0.05, 0.1) is 7.11 Å². The maximum absolute atomic E-state index is 13.4. The Bertz CT molecular complexity index is 601. The van der Waals surface area contributed by atoms with Gasteiger partial charge in [0.25, 0.3) is 0 Å². The molecule has 1 N–H and O–H groups in total. The summed E-state index contributed by atoms with van der Waals surface area (Å²) in [4.78, 5) is 15.2. The molecule has 7 heteroatoms. The lowest BCUT2D eigenvalue weighted by molar-refractivity contribution is 0.0595. The number of methoxy groups -OCH3 is 1. The average molecular weight is 284 g/mol. The highest BCUT2D eigenvalue weighted by Gasteiger charge is 2.11. The van der Waals surface area contributed by atoms with Crippen molar-refractivity contribution in [3.05, 3.63) is 46.5 Å². The number of nitrogens with zero attached hydrogens (tertiary/aromatic N) is 1. The van der Waals surface area contributed by atoms with E-state index >= 15 is 0 Å². The van der Waals surface area contributed by atoms with E-state index in [0.29, 0.717) is 10.7 Å². The number of thiazole rings is 1. The van der Waals surface area contributed by atoms with Gasteiger partial charge in [-0.1, -0.05) is 6.07 Å². The summed E-state index contributed by atoms with van der Waals surface area (Å²) < 4.78 is 30.6. The van der Waals surface area contributed by atoms with E-state index in [0.717, 1.165) is 6.07 Å². The second kappa shape index (κ2) is 5.75. The van der Waals surface area contributed by atoms with Crippen molar-refractivity contribution in [3.8, 4) is 0 Å². The van der Waals surface area contributed by atoms with Gasteiger partial charge in [0, 0.05) is 23.6 Å². The van der Waals surface area contributed by atoms with Crippen LogP contribution in [0.5, 0.6) is 0 Å². The van der Waals surface area contributed by atoms with Crippen molar-refractivity contribution in [2.24, 2.45) is 0 Å². The fourth-order valence-corrected chi connectivity index (χ4v) is 2.07. The molecule has 1 aromatic carbocycles. The number of hydrogen-bond acceptors (Lipinski definition) is 5. The van der Waals surface area contributed by atoms with Crippen LogP contribution in [0.3, 0.4) is 0 Å². The van der Waals surface area contributed by atoms with Gasteiger partial charge in [0.15, 0.2) is 10.8 Å². The molecule has 0 amide bonds. The van der Waals surface area contributed by atoms with Crippen LogP contribution in [0.25, 0.3) is 0 Å². The van der Waals surface area contributed by atoms with Gasteiger partial charge in [-0.15, -0.1) is 11.3 Å². The van der Waals surface area contributed by atoms with Crippen LogP contribution in [-0.4, -0.2) is 18.1 Å². The van der Waals surface area contributed by atoms with Gasteiger partial charge in [-0.3, -0.25) is 0 Å². The summed E-state index contributed by atoms with van der Waals surface area (Å²) in [5.74, 6) is -1.78. The van der Waals surface area contributed by atoms with Gasteiger partial charge in [-0.25, -0.2) is 18.6 Å². The molecule has 1 aromatic heterocycles. The third kappa shape index (κ3) is 3.25. The summed E-state index contributed by atoms with van der Waals surface area (Å²) >= 11 is 1.20. The number of hydrogen-bond donors (Lipinski definition) is 1. The number of esters is 1. The number of carbonyl (C=O) groups excluding carboxylic acids is 1. The second-order valence-electron chi connectivity index (χ2n) is 3.62. The summed E-state index contributed by atoms with van der Waals surface area (Å²) in [7, 11) is 1.27. The SMILES string of the molecule is COC(=O)c1csc(NCc2ccc(F)cc2F)n1. The molecule has 100 valence electrons. The van der Waals surface area contributed by atoms with Gasteiger partial charge in [0.2, 0.25) is 0 Å². The van der Waals surface area contributed by atoms with Crippen molar-refractivity contribution in [1.29, 1.82) is 0 Å². The highest BCUT2D eigenvalue weighted by molar-refractivity contribution is 7.13. The molecule has 2 aromatic rings. The van der Waals surface area contributed by atoms with E-state index < -0.39 is 17.6 Å². The molecule has 19 heavy (non-hydrogen) atoms. The Morgan fingerprint density at radius 2 is 2.26 bits per heavy atom. The van der Waals surface area contributed by atoms with Crippen molar-refractivity contribution in [2.75, 3.05) is 12.4 Å². The Hall–Kier alpha value is -2.02. The molecule has 0 aliphatic carbocycles. The molecule has 0 saturated carbocycles. The molecule has 0 saturated heterocycles. The van der Waals surface area contributed by atoms with E-state index in [1.807, 2.05) is 0 Å². The zero-order valence-corrected chi connectivity index (χ0v) is 10.8. The van der Waals surface area contributed by atoms with Crippen LogP contribution in [-0.2, 0) is 11.3 Å². The van der Waals surface area contributed by atoms with Crippen molar-refractivity contribution in [3.63, 3.8) is 0 Å². The molecule has 0 bridgehead atoms. The minimum absolute atomic E-state index is 0.153. The molecule has 0 atom stereocenters. The van der Waals surface area contributed by atoms with Crippen LogP contribution in [0.4, 0.5) is 13.9 Å². The standard InChI is InChI=1S/C12H10F2N2O2S/c1-18-11(17)10-6-19-12(16-10)15-5-7-2-3-8(13)4-9(7)14/h2-4,6H,5H2,1H3,(H,15,16). The molecule has 0 spiro atoms. The van der Waals surface area contributed by atoms with E-state index in [1.54, 1.807) is 0 Å². The average Bonchev–Trinajstić information content (AvgIpc) is 2.85. The highest BCUT2D eigenvalue weighted by atomic mass is 32.1.